The number of nitrogens with zero attached hydrogens (tertiary/aromatic N) is 2. The van der Waals surface area contributed by atoms with Crippen molar-refractivity contribution in [3.05, 3.63) is 47.0 Å². The first-order chi connectivity index (χ1) is 16.9. The number of benzene rings is 2. The third kappa shape index (κ3) is 4.92. The van der Waals surface area contributed by atoms with E-state index in [0.717, 1.165) is 7.05 Å². The van der Waals surface area contributed by atoms with E-state index >= 15 is 0 Å². The van der Waals surface area contributed by atoms with Gasteiger partial charge in [-0.25, -0.2) is 31.1 Å². The van der Waals surface area contributed by atoms with Gasteiger partial charge in [0.25, 0.3) is 5.91 Å². The van der Waals surface area contributed by atoms with Crippen LogP contribution in [-0.2, 0) is 19.8 Å². The molecule has 0 aliphatic carbocycles. The summed E-state index contributed by atoms with van der Waals surface area (Å²) in [7, 11) is -3.44. The molecule has 0 fully saturated rings. The molecule has 17 heteroatoms. The van der Waals surface area contributed by atoms with Crippen molar-refractivity contribution in [2.24, 2.45) is 0 Å². The Labute approximate surface area is 203 Å². The maximum atomic E-state index is 14.6. The Kier molecular flexibility index (Phi) is 7.17. The van der Waals surface area contributed by atoms with Crippen LogP contribution in [0.3, 0.4) is 0 Å². The molecule has 0 aromatic heterocycles. The van der Waals surface area contributed by atoms with Crippen LogP contribution in [0.1, 0.15) is 13.8 Å². The number of nitrogens with one attached hydrogen (secondary N) is 1. The molecule has 202 valence electrons. The fourth-order valence-electron chi connectivity index (χ4n) is 3.14. The maximum Gasteiger partial charge on any atom is 0.482 e. The smallest absolute Gasteiger partial charge is 0.423 e. The Morgan fingerprint density at radius 3 is 2.05 bits per heavy atom. The molecule has 0 saturated heterocycles. The van der Waals surface area contributed by atoms with Gasteiger partial charge in [0.05, 0.1) is 11.3 Å². The number of anilines is 1. The van der Waals surface area contributed by atoms with Crippen molar-refractivity contribution in [3.8, 4) is 16.9 Å². The molecule has 0 bridgehead atoms. The van der Waals surface area contributed by atoms with Crippen LogP contribution in [0, 0.1) is 34.9 Å². The van der Waals surface area contributed by atoms with Crippen LogP contribution in [0.15, 0.2) is 12.1 Å². The fourth-order valence-corrected chi connectivity index (χ4v) is 4.20. The predicted molar refractivity (Wildman–Crippen MR) is 110 cm³/mol. The molecule has 1 heterocycles. The summed E-state index contributed by atoms with van der Waals surface area (Å²) in [6.07, 6.45) is -4.71. The van der Waals surface area contributed by atoms with Gasteiger partial charge in [0, 0.05) is 24.7 Å². The summed E-state index contributed by atoms with van der Waals surface area (Å²) in [5, 5.41) is 0. The minimum Gasteiger partial charge on any atom is -0.423 e. The van der Waals surface area contributed by atoms with E-state index in [2.05, 4.69) is 4.74 Å². The van der Waals surface area contributed by atoms with Gasteiger partial charge in [-0.1, -0.05) is 0 Å². The molecule has 2 amide bonds. The van der Waals surface area contributed by atoms with Gasteiger partial charge in [0.15, 0.2) is 29.0 Å². The first-order valence-electron chi connectivity index (χ1n) is 9.93. The van der Waals surface area contributed by atoms with Gasteiger partial charge in [-0.15, -0.1) is 0 Å². The van der Waals surface area contributed by atoms with Crippen molar-refractivity contribution in [3.63, 3.8) is 0 Å². The standard InChI is InChI=1S/C20H15F8N3O5S/c1-7(2)30(3)37(34,35)29-12(32)6-31-10-4-8(9(21)5-11(10)36-20(27,28)19(31)33)13-14(22)16(24)18(26)17(25)15(13)23/h4-5,7H,6H2,1-3H3,(H,29,32). The lowest BCUT2D eigenvalue weighted by molar-refractivity contribution is -0.192. The van der Waals surface area contributed by atoms with E-state index in [9.17, 15) is 53.1 Å². The molecule has 2 aromatic rings. The summed E-state index contributed by atoms with van der Waals surface area (Å²) in [6.45, 7) is 1.40. The highest BCUT2D eigenvalue weighted by molar-refractivity contribution is 7.87. The molecule has 37 heavy (non-hydrogen) atoms. The van der Waals surface area contributed by atoms with Gasteiger partial charge < -0.3 is 4.74 Å². The first-order valence-corrected chi connectivity index (χ1v) is 11.4. The van der Waals surface area contributed by atoms with E-state index < -0.39 is 98.2 Å². The molecule has 2 aromatic carbocycles. The monoisotopic (exact) mass is 561 g/mol. The number of ether oxygens (including phenoxy) is 1. The third-order valence-electron chi connectivity index (χ3n) is 5.20. The average molecular weight is 561 g/mol. The molecular formula is C20H15F8N3O5S. The van der Waals surface area contributed by atoms with Crippen molar-refractivity contribution in [1.29, 1.82) is 0 Å². The zero-order valence-electron chi connectivity index (χ0n) is 18.8. The summed E-state index contributed by atoms with van der Waals surface area (Å²) in [4.78, 5) is 24.5. The van der Waals surface area contributed by atoms with E-state index in [-0.39, 0.29) is 17.0 Å². The zero-order valence-corrected chi connectivity index (χ0v) is 19.6. The molecule has 1 N–H and O–H groups in total. The second-order valence-corrected chi connectivity index (χ2v) is 9.63. The third-order valence-corrected chi connectivity index (χ3v) is 6.87. The van der Waals surface area contributed by atoms with Crippen molar-refractivity contribution in [2.45, 2.75) is 26.0 Å². The van der Waals surface area contributed by atoms with Crippen LogP contribution in [0.4, 0.5) is 40.8 Å². The van der Waals surface area contributed by atoms with E-state index in [1.54, 1.807) is 0 Å². The summed E-state index contributed by atoms with van der Waals surface area (Å²) in [5.41, 5.74) is -4.13. The minimum absolute atomic E-state index is 0.0667. The van der Waals surface area contributed by atoms with Crippen molar-refractivity contribution in [2.75, 3.05) is 18.5 Å². The van der Waals surface area contributed by atoms with E-state index in [0.29, 0.717) is 4.31 Å². The molecule has 3 rings (SSSR count). The van der Waals surface area contributed by atoms with Crippen LogP contribution in [-0.4, -0.2) is 50.3 Å². The van der Waals surface area contributed by atoms with Crippen molar-refractivity contribution in [1.82, 2.24) is 9.03 Å². The molecule has 8 nitrogen and oxygen atoms in total. The van der Waals surface area contributed by atoms with Gasteiger partial charge in [-0.3, -0.25) is 14.5 Å². The van der Waals surface area contributed by atoms with E-state index in [4.69, 9.17) is 0 Å². The number of carbonyl (C=O) groups excluding carboxylic acids is 2. The van der Waals surface area contributed by atoms with Crippen LogP contribution in [0.2, 0.25) is 0 Å². The topological polar surface area (TPSA) is 96.0 Å². The number of halogens is 8. The van der Waals surface area contributed by atoms with Crippen molar-refractivity contribution >= 4 is 27.7 Å². The van der Waals surface area contributed by atoms with Crippen molar-refractivity contribution < 1.29 is 57.9 Å². The zero-order chi connectivity index (χ0) is 28.2. The quantitative estimate of drug-likeness (QED) is 0.332. The molecule has 0 unspecified atom stereocenters. The summed E-state index contributed by atoms with van der Waals surface area (Å²) < 4.78 is 143. The second-order valence-electron chi connectivity index (χ2n) is 7.90. The summed E-state index contributed by atoms with van der Waals surface area (Å²) >= 11 is 0. The Bertz CT molecular complexity index is 1390. The number of hydrogen-bond donors (Lipinski definition) is 1. The van der Waals surface area contributed by atoms with Gasteiger partial charge in [0.2, 0.25) is 5.82 Å². The number of fused-ring (bicyclic) bond motifs is 1. The Balaban J connectivity index is 2.14. The highest BCUT2D eigenvalue weighted by Gasteiger charge is 2.51. The SMILES string of the molecule is CC(C)N(C)S(=O)(=O)NC(=O)CN1C(=O)C(F)(F)Oc2cc(F)c(-c3c(F)c(F)c(F)c(F)c3F)cc21. The van der Waals surface area contributed by atoms with Crippen LogP contribution >= 0.6 is 0 Å². The predicted octanol–water partition coefficient (Wildman–Crippen LogP) is 3.21. The van der Waals surface area contributed by atoms with Gasteiger partial charge >= 0.3 is 22.2 Å². The highest BCUT2D eigenvalue weighted by Crippen LogP contribution is 2.44. The van der Waals surface area contributed by atoms with Crippen LogP contribution in [0.25, 0.3) is 11.1 Å². The van der Waals surface area contributed by atoms with Gasteiger partial charge in [0.1, 0.15) is 12.4 Å². The van der Waals surface area contributed by atoms with Gasteiger partial charge in [-0.2, -0.15) is 21.5 Å². The summed E-state index contributed by atoms with van der Waals surface area (Å²) in [5.74, 6) is -19.2. The largest absolute Gasteiger partial charge is 0.482 e. The first kappa shape index (κ1) is 28.1. The lowest BCUT2D eigenvalue weighted by Crippen LogP contribution is -2.55. The number of alkyl halides is 2. The molecule has 1 aliphatic rings. The lowest BCUT2D eigenvalue weighted by Gasteiger charge is -2.33. The lowest BCUT2D eigenvalue weighted by atomic mass is 10.0. The number of rotatable bonds is 6. The Morgan fingerprint density at radius 2 is 1.54 bits per heavy atom. The maximum absolute atomic E-state index is 14.6. The van der Waals surface area contributed by atoms with E-state index in [1.807, 2.05) is 0 Å². The minimum atomic E-state index is -4.71. The highest BCUT2D eigenvalue weighted by atomic mass is 32.2. The number of hydrogen-bond acceptors (Lipinski definition) is 5. The van der Waals surface area contributed by atoms with E-state index in [1.165, 1.54) is 18.6 Å². The molecule has 0 saturated carbocycles. The normalized spacial score (nSPS) is 15.2. The second kappa shape index (κ2) is 9.44. The molecule has 0 spiro atoms. The summed E-state index contributed by atoms with van der Waals surface area (Å²) in [6, 6.07) is -0.359. The molecule has 0 radical (unpaired) electrons. The molecule has 0 atom stereocenters. The molecule has 1 aliphatic heterocycles. The average Bonchev–Trinajstić information content (AvgIpc) is 2.79. The fraction of sp³-hybridized carbons (Fsp3) is 0.300. The van der Waals surface area contributed by atoms with Crippen LogP contribution in [0.5, 0.6) is 5.75 Å². The number of carbonyl (C=O) groups is 2. The van der Waals surface area contributed by atoms with Gasteiger partial charge in [-0.05, 0) is 19.9 Å². The Morgan fingerprint density at radius 1 is 1.03 bits per heavy atom. The Hall–Kier alpha value is -3.47. The molecular weight excluding hydrogens is 546 g/mol. The van der Waals surface area contributed by atoms with Crippen LogP contribution < -0.4 is 14.4 Å². The number of amides is 2.